The summed E-state index contributed by atoms with van der Waals surface area (Å²) in [5.74, 6) is 4.33. The third-order valence-corrected chi connectivity index (χ3v) is 2.26. The molecular formula is C12H17BO. The molecule has 0 aromatic carbocycles. The van der Waals surface area contributed by atoms with Crippen molar-refractivity contribution < 1.29 is 4.79 Å². The summed E-state index contributed by atoms with van der Waals surface area (Å²) in [6.07, 6.45) is 0.549. The Morgan fingerprint density at radius 1 is 1.43 bits per heavy atom. The van der Waals surface area contributed by atoms with E-state index in [4.69, 9.17) is 0 Å². The van der Waals surface area contributed by atoms with Gasteiger partial charge >= 0.3 is 86.1 Å². The second-order valence-corrected chi connectivity index (χ2v) is 4.79. The molecule has 0 saturated heterocycles. The van der Waals surface area contributed by atoms with Crippen molar-refractivity contribution >= 4 is 12.7 Å². The zero-order chi connectivity index (χ0) is 10.8. The first-order valence-corrected chi connectivity index (χ1v) is 4.99. The van der Waals surface area contributed by atoms with Crippen LogP contribution in [0.2, 0.25) is 0 Å². The number of hydrogen-bond acceptors (Lipinski definition) is 1. The Bertz CT molecular complexity index is 336. The number of carbonyl (C=O) groups is 1. The molecule has 0 atom stereocenters. The fourth-order valence-corrected chi connectivity index (χ4v) is 1.67. The standard InChI is InChI=1S/C12H17BO/c1-9(14)7-10-5-6-13-8-11(10)12(2,3)4/h5-6,8H,7H2,1-4H3. The molecular weight excluding hydrogens is 171 g/mol. The molecule has 0 bridgehead atoms. The molecule has 1 heterocycles. The van der Waals surface area contributed by atoms with Crippen LogP contribution in [0.4, 0.5) is 0 Å². The van der Waals surface area contributed by atoms with Crippen molar-refractivity contribution in [2.24, 2.45) is 0 Å². The number of carbonyl (C=O) groups excluding carboxylic acids is 1. The average molecular weight is 188 g/mol. The minimum atomic E-state index is 0.117. The first-order valence-electron chi connectivity index (χ1n) is 4.99. The van der Waals surface area contributed by atoms with Crippen LogP contribution in [-0.2, 0) is 16.6 Å². The Balaban J connectivity index is 3.10. The number of hydrogen-bond donors (Lipinski definition) is 0. The molecule has 1 aromatic heterocycles. The molecule has 1 nitrogen and oxygen atoms in total. The molecule has 0 aliphatic carbocycles. The molecule has 1 aromatic rings. The summed E-state index contributed by atoms with van der Waals surface area (Å²) in [5.41, 5.74) is 2.55. The maximum absolute atomic E-state index is 11.1. The van der Waals surface area contributed by atoms with Crippen LogP contribution >= 0.6 is 0 Å². The monoisotopic (exact) mass is 188 g/mol. The van der Waals surface area contributed by atoms with Gasteiger partial charge in [0.15, 0.2) is 0 Å². The predicted octanol–water partition coefficient (Wildman–Crippen LogP) is 2.45. The number of ketones is 1. The SMILES string of the molecule is CC(=O)Cc1ccbcc1C(C)(C)C. The first-order chi connectivity index (χ1) is 6.41. The molecule has 0 spiro atoms. The molecule has 0 unspecified atom stereocenters. The van der Waals surface area contributed by atoms with Crippen molar-refractivity contribution in [3.8, 4) is 0 Å². The Hall–Kier alpha value is -0.915. The van der Waals surface area contributed by atoms with Crippen molar-refractivity contribution in [1.29, 1.82) is 0 Å². The molecule has 14 heavy (non-hydrogen) atoms. The molecule has 74 valence electrons. The van der Waals surface area contributed by atoms with Gasteiger partial charge in [-0.05, 0) is 0 Å². The summed E-state index contributed by atoms with van der Waals surface area (Å²) >= 11 is 0. The summed E-state index contributed by atoms with van der Waals surface area (Å²) in [5, 5.41) is 0. The Kier molecular flexibility index (Phi) is 3.25. The van der Waals surface area contributed by atoms with E-state index in [-0.39, 0.29) is 11.2 Å². The Labute approximate surface area is 86.7 Å². The van der Waals surface area contributed by atoms with Gasteiger partial charge in [0.05, 0.1) is 0 Å². The van der Waals surface area contributed by atoms with Crippen LogP contribution in [0.1, 0.15) is 38.8 Å². The quantitative estimate of drug-likeness (QED) is 0.696. The van der Waals surface area contributed by atoms with Crippen molar-refractivity contribution in [3.63, 3.8) is 0 Å². The fraction of sp³-hybridized carbons (Fsp3) is 0.500. The summed E-state index contributed by atoms with van der Waals surface area (Å²) in [6.45, 7) is 10.2. The van der Waals surface area contributed by atoms with Gasteiger partial charge in [-0.3, -0.25) is 0 Å². The van der Waals surface area contributed by atoms with Crippen molar-refractivity contribution in [3.05, 3.63) is 29.1 Å². The predicted molar refractivity (Wildman–Crippen MR) is 60.9 cm³/mol. The van der Waals surface area contributed by atoms with Gasteiger partial charge in [-0.1, -0.05) is 0 Å². The maximum atomic E-state index is 11.1. The summed E-state index contributed by atoms with van der Waals surface area (Å²) < 4.78 is 0. The second kappa shape index (κ2) is 4.08. The molecule has 0 fully saturated rings. The van der Waals surface area contributed by atoms with Crippen LogP contribution in [0.15, 0.2) is 18.0 Å². The first kappa shape index (κ1) is 11.2. The minimum absolute atomic E-state index is 0.117. The van der Waals surface area contributed by atoms with Gasteiger partial charge in [0.1, 0.15) is 0 Å². The molecule has 0 amide bonds. The zero-order valence-corrected chi connectivity index (χ0v) is 9.42. The second-order valence-electron chi connectivity index (χ2n) is 4.79. The molecule has 2 heteroatoms. The van der Waals surface area contributed by atoms with Gasteiger partial charge in [0.2, 0.25) is 0 Å². The third-order valence-electron chi connectivity index (χ3n) is 2.26. The van der Waals surface area contributed by atoms with Crippen molar-refractivity contribution in [2.45, 2.75) is 39.5 Å². The molecule has 0 aliphatic rings. The van der Waals surface area contributed by atoms with E-state index < -0.39 is 0 Å². The van der Waals surface area contributed by atoms with Crippen LogP contribution in [0, 0.1) is 0 Å². The number of rotatable bonds is 2. The van der Waals surface area contributed by atoms with E-state index in [0.29, 0.717) is 6.42 Å². The van der Waals surface area contributed by atoms with E-state index in [1.54, 1.807) is 6.92 Å². The summed E-state index contributed by atoms with van der Waals surface area (Å²) in [6, 6.07) is 2.04. The van der Waals surface area contributed by atoms with Crippen molar-refractivity contribution in [1.82, 2.24) is 0 Å². The molecule has 1 rings (SSSR count). The van der Waals surface area contributed by atoms with E-state index in [9.17, 15) is 4.79 Å². The van der Waals surface area contributed by atoms with Crippen LogP contribution < -0.4 is 0 Å². The average Bonchev–Trinajstić information content (AvgIpc) is 2.01. The van der Waals surface area contributed by atoms with E-state index in [0.717, 1.165) is 5.56 Å². The van der Waals surface area contributed by atoms with Crippen LogP contribution in [-0.4, -0.2) is 12.7 Å². The topological polar surface area (TPSA) is 17.1 Å². The fourth-order valence-electron chi connectivity index (χ4n) is 1.67. The van der Waals surface area contributed by atoms with E-state index in [1.165, 1.54) is 5.56 Å². The van der Waals surface area contributed by atoms with Crippen LogP contribution in [0.3, 0.4) is 0 Å². The molecule has 0 saturated carbocycles. The van der Waals surface area contributed by atoms with Gasteiger partial charge in [-0.15, -0.1) is 0 Å². The van der Waals surface area contributed by atoms with Crippen LogP contribution in [0.25, 0.3) is 0 Å². The molecule has 0 aliphatic heterocycles. The normalized spacial score (nSPS) is 11.1. The summed E-state index contributed by atoms with van der Waals surface area (Å²) in [4.78, 5) is 11.1. The molecule has 0 radical (unpaired) electrons. The van der Waals surface area contributed by atoms with Gasteiger partial charge in [0.25, 0.3) is 0 Å². The van der Waals surface area contributed by atoms with E-state index >= 15 is 0 Å². The Morgan fingerprint density at radius 3 is 2.57 bits per heavy atom. The van der Waals surface area contributed by atoms with Gasteiger partial charge in [0, 0.05) is 0 Å². The third kappa shape index (κ3) is 2.79. The van der Waals surface area contributed by atoms with Gasteiger partial charge < -0.3 is 0 Å². The van der Waals surface area contributed by atoms with Crippen LogP contribution in [0.5, 0.6) is 0 Å². The van der Waals surface area contributed by atoms with Crippen molar-refractivity contribution in [2.75, 3.05) is 0 Å². The van der Waals surface area contributed by atoms with E-state index in [1.807, 2.05) is 18.9 Å². The summed E-state index contributed by atoms with van der Waals surface area (Å²) in [7, 11) is 0. The zero-order valence-electron chi connectivity index (χ0n) is 9.42. The Morgan fingerprint density at radius 2 is 2.07 bits per heavy atom. The molecule has 0 N–H and O–H groups in total. The van der Waals surface area contributed by atoms with Gasteiger partial charge in [-0.25, -0.2) is 0 Å². The number of Topliss-reactive ketones (excluding diaryl/α,β-unsaturated/α-hetero) is 1. The van der Waals surface area contributed by atoms with E-state index in [2.05, 4.69) is 26.7 Å². The van der Waals surface area contributed by atoms with Gasteiger partial charge in [-0.2, -0.15) is 0 Å².